The van der Waals surface area contributed by atoms with Gasteiger partial charge in [0.2, 0.25) is 5.91 Å². The molecule has 0 radical (unpaired) electrons. The highest BCUT2D eigenvalue weighted by Gasteiger charge is 2.48. The van der Waals surface area contributed by atoms with E-state index in [1.54, 1.807) is 16.9 Å². The summed E-state index contributed by atoms with van der Waals surface area (Å²) in [5.74, 6) is 1.21. The van der Waals surface area contributed by atoms with Crippen LogP contribution in [0.2, 0.25) is 0 Å². The van der Waals surface area contributed by atoms with Crippen molar-refractivity contribution < 1.29 is 9.59 Å². The smallest absolute Gasteiger partial charge is 0.304 e. The number of carbonyl (C=O) groups excluding carboxylic acids is 2. The minimum atomic E-state index is -1.27. The van der Waals surface area contributed by atoms with Crippen molar-refractivity contribution in [2.45, 2.75) is 24.8 Å². The van der Waals surface area contributed by atoms with Gasteiger partial charge in [0, 0.05) is 18.7 Å². The van der Waals surface area contributed by atoms with Gasteiger partial charge >= 0.3 is 5.91 Å². The summed E-state index contributed by atoms with van der Waals surface area (Å²) in [6, 6.07) is 19.0. The minimum Gasteiger partial charge on any atom is -0.368 e. The largest absolute Gasteiger partial charge is 0.368 e. The normalized spacial score (nSPS) is 17.8. The number of benzene rings is 2. The third kappa shape index (κ3) is 3.17. The van der Waals surface area contributed by atoms with E-state index in [0.29, 0.717) is 25.1 Å². The van der Waals surface area contributed by atoms with Gasteiger partial charge < -0.3 is 5.73 Å². The molecule has 6 heteroatoms. The fraction of sp³-hybridized carbons (Fsp3) is 0.174. The maximum absolute atomic E-state index is 12.8. The number of amides is 2. The van der Waals surface area contributed by atoms with Crippen LogP contribution >= 0.6 is 0 Å². The zero-order chi connectivity index (χ0) is 20.4. The summed E-state index contributed by atoms with van der Waals surface area (Å²) < 4.78 is 1.64. The van der Waals surface area contributed by atoms with E-state index < -0.39 is 17.4 Å². The summed E-state index contributed by atoms with van der Waals surface area (Å²) in [5, 5.41) is 4.53. The van der Waals surface area contributed by atoms with Crippen LogP contribution in [0.1, 0.15) is 17.5 Å². The van der Waals surface area contributed by atoms with Crippen LogP contribution in [0, 0.1) is 12.3 Å². The molecule has 2 amide bonds. The average molecular weight is 384 g/mol. The molecule has 0 spiro atoms. The lowest BCUT2D eigenvalue weighted by atomic mass is 9.76. The van der Waals surface area contributed by atoms with Crippen molar-refractivity contribution in [3.63, 3.8) is 0 Å². The van der Waals surface area contributed by atoms with Gasteiger partial charge in [-0.25, -0.2) is 4.68 Å². The molecule has 4 rings (SSSR count). The number of primary amides is 1. The van der Waals surface area contributed by atoms with Crippen LogP contribution in [-0.4, -0.2) is 27.1 Å². The van der Waals surface area contributed by atoms with Crippen molar-refractivity contribution >= 4 is 17.6 Å². The number of nitrogens with two attached hydrogens (primary N) is 1. The van der Waals surface area contributed by atoms with Gasteiger partial charge in [0.15, 0.2) is 5.82 Å². The first kappa shape index (κ1) is 18.5. The number of hydrogen-bond donors (Lipinski definition) is 1. The van der Waals surface area contributed by atoms with Gasteiger partial charge in [-0.2, -0.15) is 0 Å². The summed E-state index contributed by atoms with van der Waals surface area (Å²) in [6.45, 7) is 0. The van der Waals surface area contributed by atoms with Crippen LogP contribution in [0.25, 0.3) is 5.69 Å². The number of para-hydroxylation sites is 1. The SMILES string of the molecule is C#CC(=O)N(c1ccn(-c2ccccc2)n1)C1(C(N)=O)CCc2ccccc2C1. The summed E-state index contributed by atoms with van der Waals surface area (Å²) >= 11 is 0. The number of fused-ring (bicyclic) bond motifs is 1. The Kier molecular flexibility index (Phi) is 4.65. The quantitative estimate of drug-likeness (QED) is 0.701. The van der Waals surface area contributed by atoms with Crippen LogP contribution in [0.15, 0.2) is 66.9 Å². The molecule has 29 heavy (non-hydrogen) atoms. The van der Waals surface area contributed by atoms with E-state index in [0.717, 1.165) is 16.8 Å². The van der Waals surface area contributed by atoms with Crippen LogP contribution in [0.4, 0.5) is 5.82 Å². The second-order valence-corrected chi connectivity index (χ2v) is 7.08. The first-order valence-corrected chi connectivity index (χ1v) is 9.34. The fourth-order valence-corrected chi connectivity index (χ4v) is 3.97. The second-order valence-electron chi connectivity index (χ2n) is 7.08. The van der Waals surface area contributed by atoms with E-state index in [2.05, 4.69) is 11.0 Å². The van der Waals surface area contributed by atoms with Crippen LogP contribution in [-0.2, 0) is 22.4 Å². The highest BCUT2D eigenvalue weighted by molar-refractivity contribution is 6.10. The lowest BCUT2D eigenvalue weighted by molar-refractivity contribution is -0.127. The van der Waals surface area contributed by atoms with E-state index in [-0.39, 0.29) is 0 Å². The Morgan fingerprint density at radius 3 is 2.45 bits per heavy atom. The zero-order valence-electron chi connectivity index (χ0n) is 15.8. The zero-order valence-corrected chi connectivity index (χ0v) is 15.8. The average Bonchev–Trinajstić information content (AvgIpc) is 3.23. The van der Waals surface area contributed by atoms with Crippen LogP contribution in [0.5, 0.6) is 0 Å². The molecule has 1 aliphatic rings. The van der Waals surface area contributed by atoms with E-state index in [4.69, 9.17) is 12.2 Å². The van der Waals surface area contributed by atoms with Crippen molar-refractivity contribution in [3.8, 4) is 18.0 Å². The Morgan fingerprint density at radius 1 is 1.07 bits per heavy atom. The Morgan fingerprint density at radius 2 is 1.76 bits per heavy atom. The van der Waals surface area contributed by atoms with Gasteiger partial charge in [-0.15, -0.1) is 11.5 Å². The number of terminal acetylenes is 1. The molecule has 0 aliphatic heterocycles. The van der Waals surface area contributed by atoms with Crippen molar-refractivity contribution in [1.82, 2.24) is 9.78 Å². The Hall–Kier alpha value is -3.85. The van der Waals surface area contributed by atoms with Gasteiger partial charge in [-0.3, -0.25) is 14.5 Å². The maximum atomic E-state index is 12.8. The highest BCUT2D eigenvalue weighted by atomic mass is 16.2. The maximum Gasteiger partial charge on any atom is 0.304 e. The number of hydrogen-bond acceptors (Lipinski definition) is 3. The predicted octanol–water partition coefficient (Wildman–Crippen LogP) is 2.25. The molecule has 1 unspecified atom stereocenters. The van der Waals surface area contributed by atoms with E-state index >= 15 is 0 Å². The van der Waals surface area contributed by atoms with Crippen LogP contribution < -0.4 is 10.6 Å². The molecular weight excluding hydrogens is 364 g/mol. The number of aryl methyl sites for hydroxylation is 1. The van der Waals surface area contributed by atoms with Crippen molar-refractivity contribution in [2.24, 2.45) is 5.73 Å². The third-order valence-electron chi connectivity index (χ3n) is 5.45. The number of nitrogens with zero attached hydrogens (tertiary/aromatic N) is 3. The molecule has 0 bridgehead atoms. The van der Waals surface area contributed by atoms with Crippen molar-refractivity contribution in [2.75, 3.05) is 4.90 Å². The number of rotatable bonds is 4. The van der Waals surface area contributed by atoms with Crippen molar-refractivity contribution in [3.05, 3.63) is 78.0 Å². The molecule has 6 nitrogen and oxygen atoms in total. The topological polar surface area (TPSA) is 81.2 Å². The molecule has 3 aromatic rings. The van der Waals surface area contributed by atoms with Gasteiger partial charge in [0.25, 0.3) is 0 Å². The standard InChI is InChI=1S/C23H20N4O2/c1-2-21(28)27(20-13-15-26(25-20)19-10-4-3-5-11-19)23(22(24)29)14-12-17-8-6-7-9-18(17)16-23/h1,3-11,13,15H,12,14,16H2,(H2,24,29). The van der Waals surface area contributed by atoms with Gasteiger partial charge in [0.05, 0.1) is 5.69 Å². The highest BCUT2D eigenvalue weighted by Crippen LogP contribution is 2.36. The summed E-state index contributed by atoms with van der Waals surface area (Å²) in [7, 11) is 0. The Bertz CT molecular complexity index is 1110. The number of carbonyl (C=O) groups is 2. The molecule has 0 saturated heterocycles. The molecule has 1 heterocycles. The van der Waals surface area contributed by atoms with E-state index in [1.807, 2.05) is 54.6 Å². The van der Waals surface area contributed by atoms with Crippen LogP contribution in [0.3, 0.4) is 0 Å². The molecule has 144 valence electrons. The summed E-state index contributed by atoms with van der Waals surface area (Å²) in [5.41, 5.74) is 7.56. The molecule has 0 saturated carbocycles. The van der Waals surface area contributed by atoms with E-state index in [1.165, 1.54) is 4.90 Å². The van der Waals surface area contributed by atoms with Crippen molar-refractivity contribution in [1.29, 1.82) is 0 Å². The monoisotopic (exact) mass is 384 g/mol. The Balaban J connectivity index is 1.81. The molecular formula is C23H20N4O2. The number of anilines is 1. The number of aromatic nitrogens is 2. The molecule has 1 aliphatic carbocycles. The molecule has 2 N–H and O–H groups in total. The lowest BCUT2D eigenvalue weighted by Gasteiger charge is -2.42. The van der Waals surface area contributed by atoms with Gasteiger partial charge in [-0.1, -0.05) is 42.5 Å². The lowest BCUT2D eigenvalue weighted by Crippen LogP contribution is -2.62. The fourth-order valence-electron chi connectivity index (χ4n) is 3.97. The molecule has 2 aromatic carbocycles. The molecule has 1 atom stereocenters. The summed E-state index contributed by atoms with van der Waals surface area (Å²) in [4.78, 5) is 26.8. The Labute approximate surface area is 168 Å². The molecule has 1 aromatic heterocycles. The first-order chi connectivity index (χ1) is 14.0. The second kappa shape index (κ2) is 7.28. The predicted molar refractivity (Wildman–Crippen MR) is 110 cm³/mol. The van der Waals surface area contributed by atoms with Gasteiger partial charge in [0.1, 0.15) is 5.54 Å². The minimum absolute atomic E-state index is 0.296. The summed E-state index contributed by atoms with van der Waals surface area (Å²) in [6.07, 6.45) is 8.48. The first-order valence-electron chi connectivity index (χ1n) is 9.34. The van der Waals surface area contributed by atoms with E-state index in [9.17, 15) is 9.59 Å². The molecule has 0 fully saturated rings. The third-order valence-corrected chi connectivity index (χ3v) is 5.45. The van der Waals surface area contributed by atoms with Gasteiger partial charge in [-0.05, 0) is 42.0 Å².